The molecule has 0 radical (unpaired) electrons. The molecule has 0 aromatic rings. The first-order valence-corrected chi connectivity index (χ1v) is 10.4. The number of alkyl halides is 6. The summed E-state index contributed by atoms with van der Waals surface area (Å²) in [6.45, 7) is 3.88. The van der Waals surface area contributed by atoms with Crippen molar-refractivity contribution in [2.24, 2.45) is 29.6 Å². The number of halogens is 6. The molecule has 7 unspecified atom stereocenters. The van der Waals surface area contributed by atoms with Crippen molar-refractivity contribution in [3.63, 3.8) is 0 Å². The molecular formula is C20H24F6O7. The summed E-state index contributed by atoms with van der Waals surface area (Å²) in [7, 11) is 0. The highest BCUT2D eigenvalue weighted by Gasteiger charge is 2.79. The molecule has 1 N–H and O–H groups in total. The minimum absolute atomic E-state index is 0.141. The van der Waals surface area contributed by atoms with Gasteiger partial charge in [-0.05, 0) is 26.7 Å². The summed E-state index contributed by atoms with van der Waals surface area (Å²) in [5, 5.41) is 9.69. The van der Waals surface area contributed by atoms with Gasteiger partial charge in [0.1, 0.15) is 12.2 Å². The largest absolute Gasteiger partial charge is 0.458 e. The predicted octanol–water partition coefficient (Wildman–Crippen LogP) is 2.93. The van der Waals surface area contributed by atoms with Gasteiger partial charge in [-0.25, -0.2) is 0 Å². The van der Waals surface area contributed by atoms with E-state index in [2.05, 4.69) is 4.74 Å². The number of rotatable bonds is 6. The molecule has 7 nitrogen and oxygen atoms in total. The van der Waals surface area contributed by atoms with Gasteiger partial charge in [-0.3, -0.25) is 14.4 Å². The van der Waals surface area contributed by atoms with Crippen molar-refractivity contribution in [2.75, 3.05) is 0 Å². The maximum atomic E-state index is 13.3. The summed E-state index contributed by atoms with van der Waals surface area (Å²) in [4.78, 5) is 37.5. The molecule has 3 fully saturated rings. The number of esters is 3. The fraction of sp³-hybridized carbons (Fsp3) is 0.850. The van der Waals surface area contributed by atoms with Gasteiger partial charge in [0.25, 0.3) is 5.60 Å². The fourth-order valence-electron chi connectivity index (χ4n) is 5.12. The molecule has 1 saturated heterocycles. The van der Waals surface area contributed by atoms with Gasteiger partial charge < -0.3 is 19.3 Å². The number of hydrogen-bond donors (Lipinski definition) is 1. The van der Waals surface area contributed by atoms with Crippen LogP contribution >= 0.6 is 0 Å². The van der Waals surface area contributed by atoms with Crippen molar-refractivity contribution >= 4 is 17.9 Å². The monoisotopic (exact) mass is 490 g/mol. The highest BCUT2D eigenvalue weighted by atomic mass is 19.4. The van der Waals surface area contributed by atoms with Crippen LogP contribution in [0.2, 0.25) is 0 Å². The lowest BCUT2D eigenvalue weighted by Gasteiger charge is -2.44. The van der Waals surface area contributed by atoms with Crippen molar-refractivity contribution in [2.45, 2.75) is 76.3 Å². The van der Waals surface area contributed by atoms with Crippen LogP contribution in [-0.2, 0) is 28.6 Å². The van der Waals surface area contributed by atoms with E-state index < -0.39 is 83.3 Å². The molecule has 3 rings (SSSR count). The van der Waals surface area contributed by atoms with Gasteiger partial charge in [0.2, 0.25) is 0 Å². The minimum Gasteiger partial charge on any atom is -0.458 e. The van der Waals surface area contributed by atoms with E-state index in [0.29, 0.717) is 6.42 Å². The summed E-state index contributed by atoms with van der Waals surface area (Å²) >= 11 is 0. The average molecular weight is 490 g/mol. The Morgan fingerprint density at radius 1 is 1.12 bits per heavy atom. The van der Waals surface area contributed by atoms with Crippen molar-refractivity contribution in [3.05, 3.63) is 0 Å². The second-order valence-electron chi connectivity index (χ2n) is 9.36. The van der Waals surface area contributed by atoms with Crippen LogP contribution in [0.4, 0.5) is 26.3 Å². The normalized spacial score (nSPS) is 32.5. The smallest absolute Gasteiger partial charge is 0.430 e. The SMILES string of the molecule is CCC(C)C(=O)OC1C2CC3C1OC(=O)C3C2C(=O)OC(C)(C)C(O)(C(F)(F)F)C(F)(F)F. The quantitative estimate of drug-likeness (QED) is 0.347. The average Bonchev–Trinajstić information content (AvgIpc) is 3.27. The summed E-state index contributed by atoms with van der Waals surface area (Å²) < 4.78 is 95.1. The van der Waals surface area contributed by atoms with E-state index >= 15 is 0 Å². The van der Waals surface area contributed by atoms with E-state index in [9.17, 15) is 45.8 Å². The molecule has 188 valence electrons. The Kier molecular flexibility index (Phi) is 6.00. The Balaban J connectivity index is 1.89. The first-order valence-electron chi connectivity index (χ1n) is 10.4. The molecule has 2 saturated carbocycles. The van der Waals surface area contributed by atoms with E-state index in [1.54, 1.807) is 13.8 Å². The van der Waals surface area contributed by atoms with Gasteiger partial charge in [0.15, 0.2) is 5.60 Å². The molecule has 2 aliphatic carbocycles. The Hall–Kier alpha value is -2.05. The van der Waals surface area contributed by atoms with Crippen molar-refractivity contribution in [1.29, 1.82) is 0 Å². The van der Waals surface area contributed by atoms with Gasteiger partial charge in [0.05, 0.1) is 17.8 Å². The van der Waals surface area contributed by atoms with Crippen LogP contribution in [0.15, 0.2) is 0 Å². The van der Waals surface area contributed by atoms with Gasteiger partial charge in [-0.2, -0.15) is 26.3 Å². The van der Waals surface area contributed by atoms with Crippen LogP contribution in [0.3, 0.4) is 0 Å². The second-order valence-corrected chi connectivity index (χ2v) is 9.36. The zero-order valence-electron chi connectivity index (χ0n) is 18.1. The Morgan fingerprint density at radius 2 is 1.67 bits per heavy atom. The van der Waals surface area contributed by atoms with Crippen molar-refractivity contribution in [1.82, 2.24) is 0 Å². The summed E-state index contributed by atoms with van der Waals surface area (Å²) in [5.41, 5.74) is -8.87. The molecule has 0 aromatic carbocycles. The van der Waals surface area contributed by atoms with Gasteiger partial charge in [-0.15, -0.1) is 0 Å². The third-order valence-electron chi connectivity index (χ3n) is 7.13. The number of ether oxygens (including phenoxy) is 3. The van der Waals surface area contributed by atoms with Crippen LogP contribution in [0.5, 0.6) is 0 Å². The summed E-state index contributed by atoms with van der Waals surface area (Å²) in [6, 6.07) is 0. The van der Waals surface area contributed by atoms with Crippen LogP contribution in [-0.4, -0.2) is 58.8 Å². The van der Waals surface area contributed by atoms with E-state index in [0.717, 1.165) is 0 Å². The van der Waals surface area contributed by atoms with Crippen molar-refractivity contribution < 1.29 is 60.0 Å². The molecule has 0 amide bonds. The highest BCUT2D eigenvalue weighted by molar-refractivity contribution is 5.86. The third-order valence-corrected chi connectivity index (χ3v) is 7.13. The predicted molar refractivity (Wildman–Crippen MR) is 95.0 cm³/mol. The van der Waals surface area contributed by atoms with Gasteiger partial charge in [-0.1, -0.05) is 13.8 Å². The zero-order valence-corrected chi connectivity index (χ0v) is 18.1. The van der Waals surface area contributed by atoms with Crippen molar-refractivity contribution in [3.8, 4) is 0 Å². The van der Waals surface area contributed by atoms with Gasteiger partial charge in [0, 0.05) is 11.8 Å². The first kappa shape index (κ1) is 25.6. The second kappa shape index (κ2) is 7.74. The standard InChI is InChI=1S/C20H24F6O7/c1-5-7(2)14(27)31-12-9-6-8-10(15(28)32-13(8)12)11(9)16(29)33-17(3,4)18(30,19(21,22)23)20(24,25)26/h7-13,30H,5-6H2,1-4H3. The summed E-state index contributed by atoms with van der Waals surface area (Å²) in [6.07, 6.45) is -13.8. The number of carbonyl (C=O) groups excluding carboxylic acids is 3. The molecule has 33 heavy (non-hydrogen) atoms. The molecule has 1 aliphatic heterocycles. The van der Waals surface area contributed by atoms with Crippen LogP contribution in [0.25, 0.3) is 0 Å². The summed E-state index contributed by atoms with van der Waals surface area (Å²) in [5.74, 6) is -7.67. The van der Waals surface area contributed by atoms with E-state index in [1.165, 1.54) is 0 Å². The number of hydrogen-bond acceptors (Lipinski definition) is 7. The molecule has 0 spiro atoms. The Morgan fingerprint density at radius 3 is 2.15 bits per heavy atom. The number of fused-ring (bicyclic) bond motifs is 1. The Bertz CT molecular complexity index is 822. The van der Waals surface area contributed by atoms with E-state index in [-0.39, 0.29) is 20.3 Å². The number of carbonyl (C=O) groups is 3. The minimum atomic E-state index is -6.23. The number of aliphatic hydroxyl groups is 1. The Labute approximate surface area is 184 Å². The highest BCUT2D eigenvalue weighted by Crippen LogP contribution is 2.60. The van der Waals surface area contributed by atoms with Crippen LogP contribution in [0, 0.1) is 29.6 Å². The lowest BCUT2D eigenvalue weighted by molar-refractivity contribution is -0.407. The third kappa shape index (κ3) is 3.66. The van der Waals surface area contributed by atoms with E-state index in [1.807, 2.05) is 0 Å². The molecule has 3 aliphatic rings. The zero-order chi connectivity index (χ0) is 25.3. The van der Waals surface area contributed by atoms with E-state index in [4.69, 9.17) is 9.47 Å². The molecule has 13 heteroatoms. The fourth-order valence-corrected chi connectivity index (χ4v) is 5.12. The van der Waals surface area contributed by atoms with Crippen LogP contribution < -0.4 is 0 Å². The maximum absolute atomic E-state index is 13.3. The molecule has 7 atom stereocenters. The lowest BCUT2D eigenvalue weighted by Crippen LogP contribution is -2.70. The van der Waals surface area contributed by atoms with Crippen LogP contribution in [0.1, 0.15) is 40.5 Å². The molecular weight excluding hydrogens is 466 g/mol. The lowest BCUT2D eigenvalue weighted by atomic mass is 9.78. The topological polar surface area (TPSA) is 99.1 Å². The molecule has 2 bridgehead atoms. The first-order chi connectivity index (χ1) is 14.9. The maximum Gasteiger partial charge on any atom is 0.430 e. The molecule has 0 aromatic heterocycles. The van der Waals surface area contributed by atoms with Gasteiger partial charge >= 0.3 is 30.3 Å². The molecule has 1 heterocycles.